The Hall–Kier alpha value is -3.11. The predicted octanol–water partition coefficient (Wildman–Crippen LogP) is 6.37. The summed E-state index contributed by atoms with van der Waals surface area (Å²) >= 11 is 0. The van der Waals surface area contributed by atoms with Gasteiger partial charge in [0.1, 0.15) is 29.7 Å². The quantitative estimate of drug-likeness (QED) is 0.315. The minimum Gasteiger partial charge on any atom is -0.493 e. The largest absolute Gasteiger partial charge is 0.493 e. The van der Waals surface area contributed by atoms with Crippen LogP contribution in [0.25, 0.3) is 10.9 Å². The van der Waals surface area contributed by atoms with Crippen molar-refractivity contribution in [3.05, 3.63) is 53.1 Å². The van der Waals surface area contributed by atoms with E-state index >= 15 is 4.39 Å². The molecule has 1 aliphatic rings. The second-order valence-corrected chi connectivity index (χ2v) is 11.8. The minimum absolute atomic E-state index is 0.0164. The first-order chi connectivity index (χ1) is 18.6. The van der Waals surface area contributed by atoms with Gasteiger partial charge >= 0.3 is 5.92 Å². The number of anilines is 1. The molecule has 2 atom stereocenters. The molecule has 2 aromatic carbocycles. The average Bonchev–Trinajstić information content (AvgIpc) is 3.12. The van der Waals surface area contributed by atoms with E-state index in [2.05, 4.69) is 41.1 Å². The molecule has 1 aliphatic heterocycles. The molecule has 218 valence electrons. The van der Waals surface area contributed by atoms with Crippen molar-refractivity contribution in [1.82, 2.24) is 14.9 Å². The lowest BCUT2D eigenvalue weighted by molar-refractivity contribution is -0.170. The molecule has 4 rings (SSSR count). The Balaban J connectivity index is 1.67. The van der Waals surface area contributed by atoms with E-state index in [1.54, 1.807) is 33.1 Å². The molecule has 0 saturated carbocycles. The maximum atomic E-state index is 15.4. The summed E-state index contributed by atoms with van der Waals surface area (Å²) in [6.07, 6.45) is 2.09. The van der Waals surface area contributed by atoms with Gasteiger partial charge in [0.25, 0.3) is 0 Å². The van der Waals surface area contributed by atoms with Crippen LogP contribution in [0.4, 0.5) is 19.0 Å². The van der Waals surface area contributed by atoms with Crippen molar-refractivity contribution in [2.45, 2.75) is 83.5 Å². The van der Waals surface area contributed by atoms with E-state index in [0.717, 1.165) is 32.8 Å². The Kier molecular flexibility index (Phi) is 7.99. The summed E-state index contributed by atoms with van der Waals surface area (Å²) in [7, 11) is 3.66. The van der Waals surface area contributed by atoms with Gasteiger partial charge in [0, 0.05) is 28.6 Å². The van der Waals surface area contributed by atoms with E-state index in [1.807, 2.05) is 0 Å². The van der Waals surface area contributed by atoms with Crippen molar-refractivity contribution in [1.29, 1.82) is 0 Å². The molecule has 2 N–H and O–H groups in total. The maximum Gasteiger partial charge on any atom is 0.303 e. The first-order valence-electron chi connectivity index (χ1n) is 13.4. The number of ether oxygens (including phenoxy) is 2. The van der Waals surface area contributed by atoms with E-state index in [-0.39, 0.29) is 17.1 Å². The maximum absolute atomic E-state index is 15.4. The molecule has 0 aliphatic carbocycles. The average molecular weight is 561 g/mol. The molecule has 0 amide bonds. The Morgan fingerprint density at radius 1 is 1.20 bits per heavy atom. The monoisotopic (exact) mass is 560 g/mol. The Labute approximate surface area is 233 Å². The molecule has 0 unspecified atom stereocenters. The Morgan fingerprint density at radius 2 is 1.90 bits per heavy atom. The van der Waals surface area contributed by atoms with Crippen LogP contribution < -0.4 is 14.8 Å². The number of methoxy groups -OCH3 is 1. The molecule has 40 heavy (non-hydrogen) atoms. The summed E-state index contributed by atoms with van der Waals surface area (Å²) in [5.41, 5.74) is -2.60. The summed E-state index contributed by atoms with van der Waals surface area (Å²) < 4.78 is 57.0. The lowest BCUT2D eigenvalue weighted by Crippen LogP contribution is -2.41. The van der Waals surface area contributed by atoms with E-state index < -0.39 is 28.9 Å². The summed E-state index contributed by atoms with van der Waals surface area (Å²) in [6, 6.07) is 6.85. The highest BCUT2D eigenvalue weighted by Gasteiger charge is 2.49. The number of aryl methyl sites for hydroxylation is 1. The fourth-order valence-electron chi connectivity index (χ4n) is 5.14. The second-order valence-electron chi connectivity index (χ2n) is 11.8. The molecule has 7 nitrogen and oxygen atoms in total. The van der Waals surface area contributed by atoms with Gasteiger partial charge in [0.05, 0.1) is 24.2 Å². The molecule has 1 saturated heterocycles. The van der Waals surface area contributed by atoms with Gasteiger partial charge in [-0.1, -0.05) is 12.1 Å². The molecule has 3 aromatic rings. The van der Waals surface area contributed by atoms with Gasteiger partial charge in [0.2, 0.25) is 0 Å². The van der Waals surface area contributed by atoms with Gasteiger partial charge in [-0.25, -0.2) is 14.4 Å². The van der Waals surface area contributed by atoms with Crippen molar-refractivity contribution in [3.8, 4) is 11.5 Å². The summed E-state index contributed by atoms with van der Waals surface area (Å²) in [5.74, 6) is -2.96. The van der Waals surface area contributed by atoms with Crippen LogP contribution in [0.1, 0.15) is 70.5 Å². The number of aromatic nitrogens is 2. The molecule has 0 radical (unpaired) electrons. The third-order valence-corrected chi connectivity index (χ3v) is 8.07. The smallest absolute Gasteiger partial charge is 0.303 e. The van der Waals surface area contributed by atoms with Gasteiger partial charge in [-0.15, -0.1) is 0 Å². The van der Waals surface area contributed by atoms with Crippen LogP contribution in [-0.4, -0.2) is 57.9 Å². The number of rotatable bonds is 9. The molecule has 1 fully saturated rings. The number of halogens is 3. The number of aliphatic hydroxyl groups is 1. The molecule has 1 aromatic heterocycles. The van der Waals surface area contributed by atoms with Gasteiger partial charge in [0.15, 0.2) is 11.5 Å². The normalized spacial score (nSPS) is 18.6. The highest BCUT2D eigenvalue weighted by Crippen LogP contribution is 2.42. The van der Waals surface area contributed by atoms with Crippen molar-refractivity contribution < 1.29 is 27.8 Å². The molecule has 0 spiro atoms. The van der Waals surface area contributed by atoms with E-state index in [0.29, 0.717) is 40.7 Å². The van der Waals surface area contributed by atoms with E-state index in [1.165, 1.54) is 12.1 Å². The van der Waals surface area contributed by atoms with Crippen LogP contribution in [0.5, 0.6) is 11.5 Å². The zero-order chi connectivity index (χ0) is 29.6. The van der Waals surface area contributed by atoms with E-state index in [9.17, 15) is 13.9 Å². The molecule has 2 heterocycles. The molecular formula is C30H39F3N4O3. The zero-order valence-corrected chi connectivity index (χ0v) is 24.4. The topological polar surface area (TPSA) is 79.7 Å². The number of alkyl halides is 2. The van der Waals surface area contributed by atoms with Crippen LogP contribution in [0.2, 0.25) is 0 Å². The van der Waals surface area contributed by atoms with Crippen molar-refractivity contribution >= 4 is 16.7 Å². The van der Waals surface area contributed by atoms with Crippen molar-refractivity contribution in [2.75, 3.05) is 26.1 Å². The van der Waals surface area contributed by atoms with Crippen LogP contribution in [-0.2, 0) is 5.92 Å². The first-order valence-corrected chi connectivity index (χ1v) is 13.4. The first kappa shape index (κ1) is 29.9. The molecule has 0 bridgehead atoms. The van der Waals surface area contributed by atoms with Crippen LogP contribution >= 0.6 is 0 Å². The SMILES string of the molecule is COc1cc2nc(C)nc(N[C@H](C)c3cccc(C(F)(F)C(C)(C)O)c3F)c2cc1OC[C@@H]1CCC(C)(C)N1C. The predicted molar refractivity (Wildman–Crippen MR) is 150 cm³/mol. The van der Waals surface area contributed by atoms with E-state index in [4.69, 9.17) is 9.47 Å². The summed E-state index contributed by atoms with van der Waals surface area (Å²) in [5, 5.41) is 13.8. The van der Waals surface area contributed by atoms with Crippen molar-refractivity contribution in [2.24, 2.45) is 0 Å². The number of fused-ring (bicyclic) bond motifs is 1. The van der Waals surface area contributed by atoms with Gasteiger partial charge in [-0.3, -0.25) is 4.90 Å². The van der Waals surface area contributed by atoms with Gasteiger partial charge in [-0.05, 0) is 73.6 Å². The molecule has 10 heteroatoms. The number of likely N-dealkylation sites (tertiary alicyclic amines) is 1. The van der Waals surface area contributed by atoms with Gasteiger partial charge < -0.3 is 19.9 Å². The van der Waals surface area contributed by atoms with Gasteiger partial charge in [-0.2, -0.15) is 8.78 Å². The minimum atomic E-state index is -3.80. The van der Waals surface area contributed by atoms with Crippen LogP contribution in [0, 0.1) is 12.7 Å². The van der Waals surface area contributed by atoms with Crippen LogP contribution in [0.3, 0.4) is 0 Å². The second kappa shape index (κ2) is 10.7. The Morgan fingerprint density at radius 3 is 2.50 bits per heavy atom. The lowest BCUT2D eigenvalue weighted by atomic mass is 9.91. The lowest BCUT2D eigenvalue weighted by Gasteiger charge is -2.31. The number of nitrogens with one attached hydrogen (secondary N) is 1. The number of hydrogen-bond acceptors (Lipinski definition) is 7. The fraction of sp³-hybridized carbons (Fsp3) is 0.533. The fourth-order valence-corrected chi connectivity index (χ4v) is 5.14. The summed E-state index contributed by atoms with van der Waals surface area (Å²) in [4.78, 5) is 11.4. The third-order valence-electron chi connectivity index (χ3n) is 8.07. The number of nitrogens with zero attached hydrogens (tertiary/aromatic N) is 3. The van der Waals surface area contributed by atoms with Crippen LogP contribution in [0.15, 0.2) is 30.3 Å². The van der Waals surface area contributed by atoms with Crippen molar-refractivity contribution in [3.63, 3.8) is 0 Å². The summed E-state index contributed by atoms with van der Waals surface area (Å²) in [6.45, 7) is 10.2. The highest BCUT2D eigenvalue weighted by atomic mass is 19.3. The number of hydrogen-bond donors (Lipinski definition) is 2. The standard InChI is InChI=1S/C30H39F3N4O3/c1-17(20-10-9-11-22(26(20)31)30(32,33)29(5,6)38)34-27-21-14-25(24(39-8)15-23(21)35-18(2)36-27)40-16-19-12-13-28(3,4)37(19)7/h9-11,14-15,17,19,38H,12-13,16H2,1-8H3,(H,34,35,36)/t17-,19+/m1/s1. The highest BCUT2D eigenvalue weighted by molar-refractivity contribution is 5.92. The number of benzene rings is 2. The Bertz CT molecular complexity index is 1390. The zero-order valence-electron chi connectivity index (χ0n) is 24.4. The third kappa shape index (κ3) is 5.56. The molecular weight excluding hydrogens is 521 g/mol. The number of likely N-dealkylation sites (N-methyl/N-ethyl adjacent to an activating group) is 1.